The second-order valence-electron chi connectivity index (χ2n) is 4.08. The van der Waals surface area contributed by atoms with Crippen molar-refractivity contribution in [2.45, 2.75) is 6.92 Å². The van der Waals surface area contributed by atoms with Crippen molar-refractivity contribution in [1.29, 1.82) is 0 Å². The number of nitrogen functional groups attached to an aromatic ring is 1. The van der Waals surface area contributed by atoms with Crippen LogP contribution in [0.2, 0.25) is 0 Å². The largest absolute Gasteiger partial charge is 0.417 e. The van der Waals surface area contributed by atoms with E-state index >= 15 is 0 Å². The number of aromatic amines is 2. The van der Waals surface area contributed by atoms with E-state index in [9.17, 15) is 9.18 Å². The average molecular weight is 247 g/mol. The predicted octanol–water partition coefficient (Wildman–Crippen LogP) is 2.15. The predicted molar refractivity (Wildman–Crippen MR) is 65.7 cm³/mol. The normalized spacial score (nSPS) is 11.2. The Labute approximate surface area is 100 Å². The molecule has 0 saturated carbocycles. The van der Waals surface area contributed by atoms with E-state index in [-0.39, 0.29) is 5.69 Å². The van der Waals surface area contributed by atoms with Crippen LogP contribution in [0.25, 0.3) is 22.4 Å². The van der Waals surface area contributed by atoms with Crippen LogP contribution in [-0.2, 0) is 0 Å². The van der Waals surface area contributed by atoms with Crippen LogP contribution in [0.5, 0.6) is 0 Å². The molecule has 0 aliphatic rings. The van der Waals surface area contributed by atoms with E-state index < -0.39 is 11.6 Å². The van der Waals surface area contributed by atoms with Gasteiger partial charge in [-0.1, -0.05) is 0 Å². The zero-order valence-corrected chi connectivity index (χ0v) is 9.50. The van der Waals surface area contributed by atoms with Gasteiger partial charge in [0, 0.05) is 10.9 Å². The molecule has 1 aromatic carbocycles. The van der Waals surface area contributed by atoms with Gasteiger partial charge in [-0.2, -0.15) is 0 Å². The molecule has 0 saturated heterocycles. The number of H-pyrrole nitrogens is 2. The molecule has 0 fully saturated rings. The molecule has 0 aliphatic heterocycles. The highest BCUT2D eigenvalue weighted by atomic mass is 19.1. The molecular formula is C12H10FN3O2. The first-order valence-corrected chi connectivity index (χ1v) is 5.33. The second kappa shape index (κ2) is 3.49. The highest BCUT2D eigenvalue weighted by Gasteiger charge is 2.14. The van der Waals surface area contributed by atoms with E-state index in [1.165, 1.54) is 6.07 Å². The molecule has 0 radical (unpaired) electrons. The van der Waals surface area contributed by atoms with Gasteiger partial charge in [-0.05, 0) is 25.1 Å². The van der Waals surface area contributed by atoms with E-state index in [1.807, 2.05) is 0 Å². The van der Waals surface area contributed by atoms with Gasteiger partial charge in [0.1, 0.15) is 0 Å². The minimum atomic E-state index is -0.541. The summed E-state index contributed by atoms with van der Waals surface area (Å²) in [4.78, 5) is 16.6. The van der Waals surface area contributed by atoms with Gasteiger partial charge in [-0.3, -0.25) is 4.98 Å². The summed E-state index contributed by atoms with van der Waals surface area (Å²) in [5.74, 6) is -0.652. The number of halogens is 1. The van der Waals surface area contributed by atoms with E-state index in [2.05, 4.69) is 9.97 Å². The zero-order chi connectivity index (χ0) is 12.9. The number of benzene rings is 1. The van der Waals surface area contributed by atoms with Crippen LogP contribution < -0.4 is 11.5 Å². The van der Waals surface area contributed by atoms with Crippen molar-refractivity contribution >= 4 is 16.6 Å². The summed E-state index contributed by atoms with van der Waals surface area (Å²) in [5.41, 5.74) is 7.30. The van der Waals surface area contributed by atoms with Crippen LogP contribution in [0.4, 0.5) is 10.1 Å². The number of aromatic nitrogens is 2. The number of nitrogens with one attached hydrogen (secondary N) is 2. The monoisotopic (exact) mass is 247 g/mol. The lowest BCUT2D eigenvalue weighted by molar-refractivity contribution is 0.527. The van der Waals surface area contributed by atoms with Crippen molar-refractivity contribution in [3.8, 4) is 11.5 Å². The Morgan fingerprint density at radius 2 is 2.11 bits per heavy atom. The van der Waals surface area contributed by atoms with E-state index in [4.69, 9.17) is 10.2 Å². The average Bonchev–Trinajstić information content (AvgIpc) is 2.87. The third kappa shape index (κ3) is 1.42. The second-order valence-corrected chi connectivity index (χ2v) is 4.08. The van der Waals surface area contributed by atoms with Gasteiger partial charge in [-0.25, -0.2) is 9.18 Å². The number of anilines is 1. The fourth-order valence-corrected chi connectivity index (χ4v) is 1.97. The lowest BCUT2D eigenvalue weighted by Gasteiger charge is -1.95. The summed E-state index contributed by atoms with van der Waals surface area (Å²) in [6, 6.07) is 4.73. The number of rotatable bonds is 1. The maximum absolute atomic E-state index is 13.8. The first-order valence-electron chi connectivity index (χ1n) is 5.33. The number of aryl methyl sites for hydroxylation is 1. The summed E-state index contributed by atoms with van der Waals surface area (Å²) >= 11 is 0. The molecule has 0 unspecified atom stereocenters. The SMILES string of the molecule is Cc1[nH]c(=O)oc1-c1cc2c(F)c(N)ccc2[nH]1. The summed E-state index contributed by atoms with van der Waals surface area (Å²) in [5, 5.41) is 0.369. The fraction of sp³-hybridized carbons (Fsp3) is 0.0833. The Kier molecular flexibility index (Phi) is 2.07. The van der Waals surface area contributed by atoms with Crippen LogP contribution in [0.3, 0.4) is 0 Å². The topological polar surface area (TPSA) is 87.8 Å². The van der Waals surface area contributed by atoms with E-state index in [0.717, 1.165) is 0 Å². The standard InChI is InChI=1S/C12H10FN3O2/c1-5-11(18-12(17)15-5)9-4-6-8(16-9)3-2-7(14)10(6)13/h2-4,16H,14H2,1H3,(H,15,17). The maximum atomic E-state index is 13.8. The van der Waals surface area contributed by atoms with E-state index in [1.54, 1.807) is 19.1 Å². The van der Waals surface area contributed by atoms with Crippen LogP contribution in [0.1, 0.15) is 5.69 Å². The molecule has 3 rings (SSSR count). The van der Waals surface area contributed by atoms with Crippen molar-refractivity contribution < 1.29 is 8.81 Å². The quantitative estimate of drug-likeness (QED) is 0.576. The Bertz CT molecular complexity index is 797. The summed E-state index contributed by atoms with van der Waals surface area (Å²) in [7, 11) is 0. The molecule has 0 atom stereocenters. The van der Waals surface area contributed by atoms with Crippen molar-refractivity contribution in [3.05, 3.63) is 40.3 Å². The van der Waals surface area contributed by atoms with Gasteiger partial charge in [0.05, 0.1) is 17.1 Å². The van der Waals surface area contributed by atoms with Gasteiger partial charge in [-0.15, -0.1) is 0 Å². The number of hydrogen-bond donors (Lipinski definition) is 3. The minimum Gasteiger partial charge on any atom is -0.406 e. The summed E-state index contributed by atoms with van der Waals surface area (Å²) in [6.45, 7) is 1.70. The van der Waals surface area contributed by atoms with Gasteiger partial charge in [0.25, 0.3) is 0 Å². The molecule has 2 aromatic heterocycles. The maximum Gasteiger partial charge on any atom is 0.417 e. The lowest BCUT2D eigenvalue weighted by Crippen LogP contribution is -1.94. The first-order chi connectivity index (χ1) is 8.56. The molecule has 6 heteroatoms. The smallest absolute Gasteiger partial charge is 0.406 e. The Morgan fingerprint density at radius 3 is 2.78 bits per heavy atom. The Balaban J connectivity index is 2.29. The first kappa shape index (κ1) is 10.6. The zero-order valence-electron chi connectivity index (χ0n) is 9.50. The summed E-state index contributed by atoms with van der Waals surface area (Å²) < 4.78 is 18.8. The van der Waals surface area contributed by atoms with Gasteiger partial charge in [0.15, 0.2) is 11.6 Å². The number of fused-ring (bicyclic) bond motifs is 1. The number of hydrogen-bond acceptors (Lipinski definition) is 3. The lowest BCUT2D eigenvalue weighted by atomic mass is 10.2. The van der Waals surface area contributed by atoms with Crippen LogP contribution in [0.15, 0.2) is 27.4 Å². The molecule has 92 valence electrons. The van der Waals surface area contributed by atoms with Crippen molar-refractivity contribution in [2.24, 2.45) is 0 Å². The molecule has 18 heavy (non-hydrogen) atoms. The number of oxazole rings is 1. The highest BCUT2D eigenvalue weighted by molar-refractivity contribution is 5.88. The highest BCUT2D eigenvalue weighted by Crippen LogP contribution is 2.28. The third-order valence-corrected chi connectivity index (χ3v) is 2.84. The van der Waals surface area contributed by atoms with Crippen LogP contribution >= 0.6 is 0 Å². The molecular weight excluding hydrogens is 237 g/mol. The van der Waals surface area contributed by atoms with Gasteiger partial charge < -0.3 is 15.1 Å². The fourth-order valence-electron chi connectivity index (χ4n) is 1.97. The van der Waals surface area contributed by atoms with Gasteiger partial charge >= 0.3 is 5.76 Å². The molecule has 0 spiro atoms. The van der Waals surface area contributed by atoms with Crippen molar-refractivity contribution in [2.75, 3.05) is 5.73 Å². The summed E-state index contributed by atoms with van der Waals surface area (Å²) in [6.07, 6.45) is 0. The Morgan fingerprint density at radius 1 is 1.33 bits per heavy atom. The molecule has 5 nitrogen and oxygen atoms in total. The van der Waals surface area contributed by atoms with Crippen molar-refractivity contribution in [3.63, 3.8) is 0 Å². The van der Waals surface area contributed by atoms with E-state index in [0.29, 0.717) is 28.1 Å². The molecule has 4 N–H and O–H groups in total. The Hall–Kier alpha value is -2.50. The molecule has 3 aromatic rings. The molecule has 0 aliphatic carbocycles. The number of nitrogens with two attached hydrogens (primary N) is 1. The van der Waals surface area contributed by atoms with Crippen LogP contribution in [-0.4, -0.2) is 9.97 Å². The minimum absolute atomic E-state index is 0.0836. The third-order valence-electron chi connectivity index (χ3n) is 2.84. The van der Waals surface area contributed by atoms with Crippen molar-refractivity contribution in [1.82, 2.24) is 9.97 Å². The molecule has 2 heterocycles. The molecule has 0 bridgehead atoms. The van der Waals surface area contributed by atoms with Gasteiger partial charge in [0.2, 0.25) is 0 Å². The van der Waals surface area contributed by atoms with Crippen LogP contribution in [0, 0.1) is 12.7 Å². The molecule has 0 amide bonds.